The Labute approximate surface area is 106 Å². The predicted molar refractivity (Wildman–Crippen MR) is 68.9 cm³/mol. The Morgan fingerprint density at radius 1 is 1.22 bits per heavy atom. The molecular formula is C13H17N3O2. The van der Waals surface area contributed by atoms with Crippen LogP contribution in [0.2, 0.25) is 0 Å². The van der Waals surface area contributed by atoms with Crippen molar-refractivity contribution >= 4 is 0 Å². The SMILES string of the molecule is CCc1nc(-c2cc(OC)ccc2OC)n(C)n1. The second kappa shape index (κ2) is 5.08. The van der Waals surface area contributed by atoms with Crippen LogP contribution in [0.1, 0.15) is 12.7 Å². The smallest absolute Gasteiger partial charge is 0.162 e. The summed E-state index contributed by atoms with van der Waals surface area (Å²) < 4.78 is 12.4. The summed E-state index contributed by atoms with van der Waals surface area (Å²) in [6.07, 6.45) is 0.806. The molecule has 0 aliphatic heterocycles. The average Bonchev–Trinajstić information content (AvgIpc) is 2.79. The van der Waals surface area contributed by atoms with Crippen molar-refractivity contribution < 1.29 is 9.47 Å². The Morgan fingerprint density at radius 2 is 2.00 bits per heavy atom. The highest BCUT2D eigenvalue weighted by atomic mass is 16.5. The van der Waals surface area contributed by atoms with Gasteiger partial charge in [-0.15, -0.1) is 0 Å². The first-order valence-electron chi connectivity index (χ1n) is 5.82. The van der Waals surface area contributed by atoms with Gasteiger partial charge in [0.15, 0.2) is 11.6 Å². The van der Waals surface area contributed by atoms with E-state index in [1.807, 2.05) is 32.2 Å². The predicted octanol–water partition coefficient (Wildman–Crippen LogP) is 2.06. The molecule has 2 rings (SSSR count). The van der Waals surface area contributed by atoms with Crippen molar-refractivity contribution in [3.05, 3.63) is 24.0 Å². The van der Waals surface area contributed by atoms with Crippen molar-refractivity contribution in [2.75, 3.05) is 14.2 Å². The van der Waals surface area contributed by atoms with Gasteiger partial charge in [0.1, 0.15) is 11.5 Å². The number of benzene rings is 1. The van der Waals surface area contributed by atoms with Crippen molar-refractivity contribution in [2.24, 2.45) is 7.05 Å². The summed E-state index contributed by atoms with van der Waals surface area (Å²) in [6, 6.07) is 5.64. The molecule has 0 amide bonds. The Bertz CT molecular complexity index is 549. The molecule has 0 spiro atoms. The van der Waals surface area contributed by atoms with Crippen LogP contribution < -0.4 is 9.47 Å². The number of rotatable bonds is 4. The largest absolute Gasteiger partial charge is 0.497 e. The van der Waals surface area contributed by atoms with Crippen LogP contribution in [-0.2, 0) is 13.5 Å². The van der Waals surface area contributed by atoms with Gasteiger partial charge >= 0.3 is 0 Å². The van der Waals surface area contributed by atoms with Crippen molar-refractivity contribution in [1.29, 1.82) is 0 Å². The highest BCUT2D eigenvalue weighted by Gasteiger charge is 2.14. The summed E-state index contributed by atoms with van der Waals surface area (Å²) in [4.78, 5) is 4.50. The second-order valence-corrected chi connectivity index (χ2v) is 3.90. The third kappa shape index (κ3) is 2.16. The second-order valence-electron chi connectivity index (χ2n) is 3.90. The summed E-state index contributed by atoms with van der Waals surface area (Å²) in [5.74, 6) is 3.13. The number of nitrogens with zero attached hydrogens (tertiary/aromatic N) is 3. The van der Waals surface area contributed by atoms with Crippen molar-refractivity contribution in [3.63, 3.8) is 0 Å². The van der Waals surface area contributed by atoms with E-state index in [0.29, 0.717) is 0 Å². The fourth-order valence-electron chi connectivity index (χ4n) is 1.81. The molecule has 1 aromatic carbocycles. The number of hydrogen-bond donors (Lipinski definition) is 0. The van der Waals surface area contributed by atoms with E-state index in [4.69, 9.17) is 9.47 Å². The van der Waals surface area contributed by atoms with Crippen LogP contribution in [0.5, 0.6) is 11.5 Å². The monoisotopic (exact) mass is 247 g/mol. The maximum atomic E-state index is 5.36. The first-order chi connectivity index (χ1) is 8.69. The maximum absolute atomic E-state index is 5.36. The molecule has 1 heterocycles. The number of aromatic nitrogens is 3. The minimum atomic E-state index is 0.758. The van der Waals surface area contributed by atoms with E-state index in [1.54, 1.807) is 18.9 Å². The summed E-state index contributed by atoms with van der Waals surface area (Å²) in [5, 5.41) is 4.35. The lowest BCUT2D eigenvalue weighted by atomic mass is 10.1. The van der Waals surface area contributed by atoms with Gasteiger partial charge in [0, 0.05) is 13.5 Å². The zero-order valence-corrected chi connectivity index (χ0v) is 11.1. The Balaban J connectivity index is 2.56. The van der Waals surface area contributed by atoms with E-state index in [0.717, 1.165) is 35.1 Å². The van der Waals surface area contributed by atoms with E-state index in [9.17, 15) is 0 Å². The van der Waals surface area contributed by atoms with E-state index in [-0.39, 0.29) is 0 Å². The quantitative estimate of drug-likeness (QED) is 0.829. The molecule has 5 heteroatoms. The molecule has 1 aromatic heterocycles. The van der Waals surface area contributed by atoms with E-state index < -0.39 is 0 Å². The van der Waals surface area contributed by atoms with Gasteiger partial charge in [0.25, 0.3) is 0 Å². The molecule has 5 nitrogen and oxygen atoms in total. The number of aryl methyl sites for hydroxylation is 2. The van der Waals surface area contributed by atoms with Crippen LogP contribution in [0.4, 0.5) is 0 Å². The Kier molecular flexibility index (Phi) is 3.50. The molecule has 0 bridgehead atoms. The van der Waals surface area contributed by atoms with Crippen LogP contribution in [0.3, 0.4) is 0 Å². The minimum Gasteiger partial charge on any atom is -0.497 e. The number of hydrogen-bond acceptors (Lipinski definition) is 4. The molecule has 0 aliphatic carbocycles. The van der Waals surface area contributed by atoms with Crippen LogP contribution in [0, 0.1) is 0 Å². The van der Waals surface area contributed by atoms with Crippen molar-refractivity contribution in [3.8, 4) is 22.9 Å². The topological polar surface area (TPSA) is 49.2 Å². The first-order valence-corrected chi connectivity index (χ1v) is 5.82. The van der Waals surface area contributed by atoms with Gasteiger partial charge in [-0.05, 0) is 18.2 Å². The maximum Gasteiger partial charge on any atom is 0.162 e. The zero-order valence-electron chi connectivity index (χ0n) is 11.1. The van der Waals surface area contributed by atoms with Gasteiger partial charge in [0.05, 0.1) is 19.8 Å². The third-order valence-corrected chi connectivity index (χ3v) is 2.77. The molecule has 18 heavy (non-hydrogen) atoms. The van der Waals surface area contributed by atoms with E-state index >= 15 is 0 Å². The molecule has 0 unspecified atom stereocenters. The lowest BCUT2D eigenvalue weighted by Crippen LogP contribution is -1.97. The van der Waals surface area contributed by atoms with E-state index in [1.165, 1.54) is 0 Å². The van der Waals surface area contributed by atoms with Gasteiger partial charge in [-0.3, -0.25) is 0 Å². The molecule has 0 fully saturated rings. The molecule has 0 saturated heterocycles. The first kappa shape index (κ1) is 12.4. The summed E-state index contributed by atoms with van der Waals surface area (Å²) in [6.45, 7) is 2.03. The Hall–Kier alpha value is -2.04. The number of methoxy groups -OCH3 is 2. The molecule has 2 aromatic rings. The molecule has 0 aliphatic rings. The molecule has 0 atom stereocenters. The van der Waals surface area contributed by atoms with Crippen LogP contribution in [0.25, 0.3) is 11.4 Å². The third-order valence-electron chi connectivity index (χ3n) is 2.77. The van der Waals surface area contributed by atoms with Gasteiger partial charge in [0.2, 0.25) is 0 Å². The molecular weight excluding hydrogens is 230 g/mol. The standard InChI is InChI=1S/C13H17N3O2/c1-5-12-14-13(16(2)15-12)10-8-9(17-3)6-7-11(10)18-4/h6-8H,5H2,1-4H3. The molecule has 0 saturated carbocycles. The fourth-order valence-corrected chi connectivity index (χ4v) is 1.81. The van der Waals surface area contributed by atoms with Gasteiger partial charge < -0.3 is 9.47 Å². The summed E-state index contributed by atoms with van der Waals surface area (Å²) in [7, 11) is 5.16. The Morgan fingerprint density at radius 3 is 2.56 bits per heavy atom. The highest BCUT2D eigenvalue weighted by Crippen LogP contribution is 2.32. The van der Waals surface area contributed by atoms with Crippen LogP contribution in [-0.4, -0.2) is 29.0 Å². The summed E-state index contributed by atoms with van der Waals surface area (Å²) >= 11 is 0. The van der Waals surface area contributed by atoms with E-state index in [2.05, 4.69) is 10.1 Å². The fraction of sp³-hybridized carbons (Fsp3) is 0.385. The van der Waals surface area contributed by atoms with Crippen LogP contribution >= 0.6 is 0 Å². The minimum absolute atomic E-state index is 0.758. The number of ether oxygens (including phenoxy) is 2. The highest BCUT2D eigenvalue weighted by molar-refractivity contribution is 5.66. The van der Waals surface area contributed by atoms with Gasteiger partial charge in [-0.25, -0.2) is 9.67 Å². The lowest BCUT2D eigenvalue weighted by Gasteiger charge is -2.09. The van der Waals surface area contributed by atoms with Gasteiger partial charge in [-0.1, -0.05) is 6.92 Å². The molecule has 0 radical (unpaired) electrons. The average molecular weight is 247 g/mol. The zero-order chi connectivity index (χ0) is 13.1. The normalized spacial score (nSPS) is 10.4. The lowest BCUT2D eigenvalue weighted by molar-refractivity contribution is 0.404. The van der Waals surface area contributed by atoms with Crippen molar-refractivity contribution in [2.45, 2.75) is 13.3 Å². The molecule has 0 N–H and O–H groups in total. The molecule has 96 valence electrons. The summed E-state index contributed by atoms with van der Waals surface area (Å²) in [5.41, 5.74) is 0.881. The van der Waals surface area contributed by atoms with Crippen LogP contribution in [0.15, 0.2) is 18.2 Å². The van der Waals surface area contributed by atoms with Gasteiger partial charge in [-0.2, -0.15) is 5.10 Å². The van der Waals surface area contributed by atoms with Crippen molar-refractivity contribution in [1.82, 2.24) is 14.8 Å².